The van der Waals surface area contributed by atoms with Crippen LogP contribution < -0.4 is 0 Å². The number of aliphatic hydroxyl groups excluding tert-OH is 9. The minimum atomic E-state index is -2.02. The number of allylic oxidation sites excluding steroid dienone is 1. The molecule has 5 aliphatic carbocycles. The van der Waals surface area contributed by atoms with Crippen LogP contribution in [0.15, 0.2) is 11.6 Å². The Morgan fingerprint density at radius 2 is 1.40 bits per heavy atom. The van der Waals surface area contributed by atoms with Gasteiger partial charge in [0.05, 0.1) is 43.4 Å². The van der Waals surface area contributed by atoms with E-state index in [2.05, 4.69) is 19.9 Å². The first-order valence-corrected chi connectivity index (χ1v) is 23.0. The molecule has 65 heavy (non-hydrogen) atoms. The smallest absolute Gasteiger partial charge is 0.335 e. The number of hydrogen-bond donors (Lipinski definition) is 12. The lowest BCUT2D eigenvalue weighted by atomic mass is 9.31. The molecule has 2 heterocycles. The Bertz CT molecular complexity index is 1870. The first-order chi connectivity index (χ1) is 30.1. The van der Waals surface area contributed by atoms with Crippen molar-refractivity contribution in [3.63, 3.8) is 0 Å². The third kappa shape index (κ3) is 7.10. The number of aliphatic carboxylic acids is 3. The molecule has 0 radical (unpaired) electrons. The molecule has 4 saturated carbocycles. The number of hydrogen-bond acceptors (Lipinski definition) is 16. The van der Waals surface area contributed by atoms with Crippen LogP contribution >= 0.6 is 0 Å². The van der Waals surface area contributed by atoms with E-state index >= 15 is 0 Å². The molecule has 2 aliphatic heterocycles. The quantitative estimate of drug-likeness (QED) is 0.102. The summed E-state index contributed by atoms with van der Waals surface area (Å²) in [4.78, 5) is 38.1. The van der Waals surface area contributed by atoms with Crippen molar-refractivity contribution in [1.82, 2.24) is 0 Å². The molecule has 2 saturated heterocycles. The number of carboxylic acid groups (broad SMARTS) is 3. The molecule has 0 amide bonds. The maximum Gasteiger partial charge on any atom is 0.335 e. The highest BCUT2D eigenvalue weighted by molar-refractivity contribution is 5.76. The lowest BCUT2D eigenvalue weighted by molar-refractivity contribution is -0.374. The van der Waals surface area contributed by atoms with Crippen LogP contribution in [-0.4, -0.2) is 172 Å². The van der Waals surface area contributed by atoms with Gasteiger partial charge in [0.25, 0.3) is 0 Å². The molecule has 0 aromatic rings. The average Bonchev–Trinajstić information content (AvgIpc) is 3.22. The zero-order valence-corrected chi connectivity index (χ0v) is 38.4. The van der Waals surface area contributed by atoms with Crippen molar-refractivity contribution < 1.29 is 94.6 Å². The largest absolute Gasteiger partial charge is 0.481 e. The number of carbonyl (C=O) groups is 3. The molecule has 7 aliphatic rings. The molecule has 0 bridgehead atoms. The number of rotatable bonds is 10. The van der Waals surface area contributed by atoms with Crippen molar-refractivity contribution in [3.8, 4) is 0 Å². The van der Waals surface area contributed by atoms with Gasteiger partial charge in [-0.2, -0.15) is 0 Å². The van der Waals surface area contributed by atoms with Gasteiger partial charge in [-0.05, 0) is 83.9 Å². The van der Waals surface area contributed by atoms with Gasteiger partial charge in [0, 0.05) is 10.8 Å². The Morgan fingerprint density at radius 3 is 1.97 bits per heavy atom. The van der Waals surface area contributed by atoms with E-state index < -0.39 is 167 Å². The fourth-order valence-electron chi connectivity index (χ4n) is 15.6. The van der Waals surface area contributed by atoms with Gasteiger partial charge in [0.15, 0.2) is 18.7 Å². The van der Waals surface area contributed by atoms with Crippen molar-refractivity contribution in [2.75, 3.05) is 13.2 Å². The Labute approximate surface area is 378 Å². The Morgan fingerprint density at radius 1 is 0.754 bits per heavy atom. The minimum absolute atomic E-state index is 0.0879. The highest BCUT2D eigenvalue weighted by Crippen LogP contribution is 2.77. The predicted octanol–water partition coefficient (Wildman–Crippen LogP) is 0.0811. The fourth-order valence-corrected chi connectivity index (χ4v) is 15.6. The van der Waals surface area contributed by atoms with Gasteiger partial charge in [-0.3, -0.25) is 9.59 Å². The number of aliphatic hydroxyl groups is 9. The zero-order chi connectivity index (χ0) is 48.5. The molecule has 19 nitrogen and oxygen atoms in total. The SMILES string of the molecule is CC(C(=O)O)[C@H]1[C@H](C(=O)O)[C@]2(CO)[C@H](O)[C@H](O)[C@]3(C)C(=CC[C@@H]4[C@@]5(C)CC[C@H](O[C@@H]6O[C@H](C(=O)O)[C@@H](O)[C@H](O)[C@H]6O[C@@H]6O[C@H](CO)[C@@H](O)[C@H](O)[C@H]6O)C(C)(C)[C@@H]5CC[C@]43C)[C@@H]2CC1(C)C. The monoisotopic (exact) mass is 928 g/mol. The lowest BCUT2D eigenvalue weighted by Gasteiger charge is -2.74. The van der Waals surface area contributed by atoms with Gasteiger partial charge in [-0.1, -0.05) is 67.0 Å². The molecule has 370 valence electrons. The zero-order valence-electron chi connectivity index (χ0n) is 38.4. The second kappa shape index (κ2) is 16.9. The number of carboxylic acids is 3. The van der Waals surface area contributed by atoms with Crippen LogP contribution in [0.25, 0.3) is 0 Å². The second-order valence-electron chi connectivity index (χ2n) is 22.6. The van der Waals surface area contributed by atoms with Crippen LogP contribution in [0.3, 0.4) is 0 Å². The van der Waals surface area contributed by atoms with Crippen LogP contribution in [0, 0.1) is 68.0 Å². The summed E-state index contributed by atoms with van der Waals surface area (Å²) in [5.41, 5.74) is -4.82. The highest BCUT2D eigenvalue weighted by atomic mass is 16.8. The van der Waals surface area contributed by atoms with Crippen LogP contribution in [0.4, 0.5) is 0 Å². The Balaban J connectivity index is 1.21. The molecular weight excluding hydrogens is 856 g/mol. The van der Waals surface area contributed by atoms with E-state index in [1.54, 1.807) is 0 Å². The first-order valence-electron chi connectivity index (χ1n) is 23.0. The first kappa shape index (κ1) is 50.5. The van der Waals surface area contributed by atoms with E-state index in [-0.39, 0.29) is 18.3 Å². The molecule has 19 heteroatoms. The second-order valence-corrected chi connectivity index (χ2v) is 22.6. The van der Waals surface area contributed by atoms with E-state index in [9.17, 15) is 75.7 Å². The van der Waals surface area contributed by atoms with Crippen LogP contribution in [0.5, 0.6) is 0 Å². The molecular formula is C46H72O19. The van der Waals surface area contributed by atoms with Gasteiger partial charge in [0.2, 0.25) is 0 Å². The summed E-state index contributed by atoms with van der Waals surface area (Å²) < 4.78 is 23.8. The van der Waals surface area contributed by atoms with E-state index in [4.69, 9.17) is 18.9 Å². The summed E-state index contributed by atoms with van der Waals surface area (Å²) in [6, 6.07) is 0. The summed E-state index contributed by atoms with van der Waals surface area (Å²) >= 11 is 0. The Hall–Kier alpha value is -2.37. The van der Waals surface area contributed by atoms with Gasteiger partial charge in [-0.15, -0.1) is 0 Å². The normalized spacial score (nSPS) is 51.8. The highest BCUT2D eigenvalue weighted by Gasteiger charge is 2.76. The minimum Gasteiger partial charge on any atom is -0.481 e. The van der Waals surface area contributed by atoms with Crippen LogP contribution in [0.1, 0.15) is 93.9 Å². The molecule has 7 rings (SSSR count). The fraction of sp³-hybridized carbons (Fsp3) is 0.891. The summed E-state index contributed by atoms with van der Waals surface area (Å²) in [5, 5.41) is 131. The van der Waals surface area contributed by atoms with Crippen molar-refractivity contribution >= 4 is 17.9 Å². The third-order valence-electron chi connectivity index (χ3n) is 19.1. The van der Waals surface area contributed by atoms with E-state index in [1.165, 1.54) is 6.92 Å². The van der Waals surface area contributed by atoms with Crippen molar-refractivity contribution in [3.05, 3.63) is 11.6 Å². The number of ether oxygens (including phenoxy) is 4. The Kier molecular flexibility index (Phi) is 13.2. The maximum atomic E-state index is 13.4. The van der Waals surface area contributed by atoms with Crippen molar-refractivity contribution in [2.24, 2.45) is 68.0 Å². The van der Waals surface area contributed by atoms with Gasteiger partial charge in [0.1, 0.15) is 42.7 Å². The molecule has 0 aromatic heterocycles. The predicted molar refractivity (Wildman–Crippen MR) is 223 cm³/mol. The molecule has 12 N–H and O–H groups in total. The topological polar surface area (TPSA) is 331 Å². The third-order valence-corrected chi connectivity index (χ3v) is 19.1. The molecule has 0 aromatic carbocycles. The maximum absolute atomic E-state index is 13.4. The van der Waals surface area contributed by atoms with Crippen molar-refractivity contribution in [1.29, 1.82) is 0 Å². The van der Waals surface area contributed by atoms with Gasteiger partial charge < -0.3 is 80.2 Å². The van der Waals surface area contributed by atoms with E-state index in [0.29, 0.717) is 32.1 Å². The van der Waals surface area contributed by atoms with E-state index in [0.717, 1.165) is 5.57 Å². The number of fused-ring (bicyclic) bond motifs is 7. The molecule has 1 unspecified atom stereocenters. The lowest BCUT2D eigenvalue weighted by Crippen LogP contribution is -2.75. The van der Waals surface area contributed by atoms with Crippen LogP contribution in [0.2, 0.25) is 0 Å². The molecule has 23 atom stereocenters. The summed E-state index contributed by atoms with van der Waals surface area (Å²) in [6.45, 7) is 13.9. The van der Waals surface area contributed by atoms with Crippen molar-refractivity contribution in [2.45, 2.75) is 174 Å². The summed E-state index contributed by atoms with van der Waals surface area (Å²) in [5.74, 6) is -8.63. The standard InChI is InChI=1S/C46H72O19/c1-18(36(56)57)25-26(37(58)59)46(17-48)20(15-41(25,2)3)19-9-10-23-43(6)13-12-24(42(4,5)22(43)11-14-44(23,7)45(19,8)34(54)35(46)55)63-40-33(30(52)29(51)32(64-40)38(60)61)65-39-31(53)28(50)27(49)21(16-47)62-39/h9,18,20-35,39-40,47-55H,10-17H2,1-8H3,(H,56,57)(H,58,59)(H,60,61)/t18?,20-,21+,22-,23+,24-,25-,26+,27+,28-,29-,30-,31+,32-,33+,34-,35+,39-,40+,43-,44+,45-,46+/m0/s1. The molecule has 6 fully saturated rings. The van der Waals surface area contributed by atoms with Crippen LogP contribution in [-0.2, 0) is 33.3 Å². The van der Waals surface area contributed by atoms with Gasteiger partial charge in [-0.25, -0.2) is 4.79 Å². The molecule has 0 spiro atoms. The average molecular weight is 929 g/mol. The van der Waals surface area contributed by atoms with E-state index in [1.807, 2.05) is 34.6 Å². The van der Waals surface area contributed by atoms with Gasteiger partial charge >= 0.3 is 17.9 Å². The summed E-state index contributed by atoms with van der Waals surface area (Å²) in [6.07, 6.45) is -16.9. The summed E-state index contributed by atoms with van der Waals surface area (Å²) in [7, 11) is 0.